The van der Waals surface area contributed by atoms with Crippen LogP contribution >= 0.6 is 11.8 Å². The number of allylic oxidation sites excluding steroid dienone is 1. The summed E-state index contributed by atoms with van der Waals surface area (Å²) in [4.78, 5) is 18.5. The van der Waals surface area contributed by atoms with E-state index >= 15 is 0 Å². The number of carbonyl (C=O) groups excluding carboxylic acids is 1. The van der Waals surface area contributed by atoms with Gasteiger partial charge in [-0.15, -0.1) is 5.10 Å². The number of thioether (sulfide) groups is 1. The van der Waals surface area contributed by atoms with Gasteiger partial charge < -0.3 is 15.4 Å². The van der Waals surface area contributed by atoms with E-state index in [9.17, 15) is 4.79 Å². The number of carbonyl (C=O) groups is 1. The van der Waals surface area contributed by atoms with Crippen LogP contribution in [-0.2, 0) is 11.4 Å². The molecule has 2 N–H and O–H groups in total. The monoisotopic (exact) mass is 567 g/mol. The van der Waals surface area contributed by atoms with Gasteiger partial charge in [0.15, 0.2) is 0 Å². The summed E-state index contributed by atoms with van der Waals surface area (Å²) in [6.45, 7) is 12.9. The van der Waals surface area contributed by atoms with Gasteiger partial charge in [-0.2, -0.15) is 4.98 Å². The molecule has 0 bridgehead atoms. The fourth-order valence-corrected chi connectivity index (χ4v) is 5.68. The number of nitrogens with zero attached hydrogens (tertiary/aromatic N) is 3. The Hall–Kier alpha value is -4.04. The zero-order valence-corrected chi connectivity index (χ0v) is 25.4. The van der Waals surface area contributed by atoms with Crippen molar-refractivity contribution >= 4 is 29.3 Å². The molecule has 5 rings (SSSR count). The van der Waals surface area contributed by atoms with Gasteiger partial charge in [0.1, 0.15) is 18.4 Å². The summed E-state index contributed by atoms with van der Waals surface area (Å²) < 4.78 is 8.00. The number of aryl methyl sites for hydroxylation is 4. The first kappa shape index (κ1) is 28.5. The fraction of sp³-hybridized carbons (Fsp3) is 0.303. The van der Waals surface area contributed by atoms with Crippen LogP contribution in [0.1, 0.15) is 59.7 Å². The van der Waals surface area contributed by atoms with E-state index in [0.29, 0.717) is 23.3 Å². The van der Waals surface area contributed by atoms with Crippen molar-refractivity contribution in [2.24, 2.45) is 0 Å². The third kappa shape index (κ3) is 6.33. The lowest BCUT2D eigenvalue weighted by atomic mass is 9.95. The van der Waals surface area contributed by atoms with Crippen LogP contribution in [0.5, 0.6) is 5.75 Å². The minimum Gasteiger partial charge on any atom is -0.489 e. The molecule has 41 heavy (non-hydrogen) atoms. The van der Waals surface area contributed by atoms with E-state index in [4.69, 9.17) is 14.8 Å². The Balaban J connectivity index is 1.44. The van der Waals surface area contributed by atoms with Gasteiger partial charge >= 0.3 is 0 Å². The maximum atomic E-state index is 13.8. The molecule has 1 aromatic heterocycles. The second kappa shape index (κ2) is 12.2. The van der Waals surface area contributed by atoms with Crippen molar-refractivity contribution in [3.8, 4) is 5.75 Å². The van der Waals surface area contributed by atoms with E-state index in [2.05, 4.69) is 50.5 Å². The van der Waals surface area contributed by atoms with Gasteiger partial charge in [-0.1, -0.05) is 55.1 Å². The van der Waals surface area contributed by atoms with Gasteiger partial charge in [0, 0.05) is 17.1 Å². The molecule has 0 aliphatic carbocycles. The van der Waals surface area contributed by atoms with Crippen LogP contribution in [0.15, 0.2) is 77.1 Å². The maximum Gasteiger partial charge on any atom is 0.255 e. The predicted octanol–water partition coefficient (Wildman–Crippen LogP) is 7.52. The summed E-state index contributed by atoms with van der Waals surface area (Å²) in [5, 5.41) is 11.9. The molecule has 1 atom stereocenters. The molecule has 1 aliphatic heterocycles. The summed E-state index contributed by atoms with van der Waals surface area (Å²) in [5.74, 6) is 2.14. The first-order valence-electron chi connectivity index (χ1n) is 14.0. The van der Waals surface area contributed by atoms with Crippen molar-refractivity contribution in [2.75, 3.05) is 16.4 Å². The molecule has 212 valence electrons. The summed E-state index contributed by atoms with van der Waals surface area (Å²) in [6, 6.07) is 19.7. The standard InChI is InChI=1S/C33H37N5O2S/c1-7-15-41-33-36-32-34-24(6)29(31(39)35-27-10-8-9-20(2)16-27)30(38(32)37-33)25-11-13-28(14-12-25)40-19-26-18-22(4)21(3)17-23(26)5/h8-14,16-18,30H,7,15,19H2,1-6H3,(H,35,39)(H,34,36,37). The molecular weight excluding hydrogens is 530 g/mol. The third-order valence-electron chi connectivity index (χ3n) is 7.33. The molecule has 1 unspecified atom stereocenters. The number of hydrogen-bond donors (Lipinski definition) is 2. The van der Waals surface area contributed by atoms with E-state index in [1.165, 1.54) is 22.3 Å². The van der Waals surface area contributed by atoms with E-state index < -0.39 is 6.04 Å². The van der Waals surface area contributed by atoms with Gasteiger partial charge in [-0.3, -0.25) is 4.79 Å². The summed E-state index contributed by atoms with van der Waals surface area (Å²) >= 11 is 1.61. The predicted molar refractivity (Wildman–Crippen MR) is 167 cm³/mol. The average molecular weight is 568 g/mol. The molecule has 3 aromatic carbocycles. The molecular formula is C33H37N5O2S. The molecule has 1 amide bonds. The van der Waals surface area contributed by atoms with Crippen molar-refractivity contribution in [3.05, 3.63) is 105 Å². The molecule has 4 aromatic rings. The van der Waals surface area contributed by atoms with Crippen molar-refractivity contribution in [3.63, 3.8) is 0 Å². The Morgan fingerprint density at radius 2 is 1.76 bits per heavy atom. The lowest BCUT2D eigenvalue weighted by molar-refractivity contribution is -0.113. The second-order valence-electron chi connectivity index (χ2n) is 10.6. The van der Waals surface area contributed by atoms with Crippen LogP contribution in [0.4, 0.5) is 11.6 Å². The van der Waals surface area contributed by atoms with Crippen molar-refractivity contribution < 1.29 is 9.53 Å². The molecule has 0 saturated heterocycles. The van der Waals surface area contributed by atoms with E-state index in [-0.39, 0.29) is 5.91 Å². The van der Waals surface area contributed by atoms with Crippen LogP contribution in [-0.4, -0.2) is 26.4 Å². The molecule has 1 aliphatic rings. The number of ether oxygens (including phenoxy) is 1. The molecule has 8 heteroatoms. The van der Waals surface area contributed by atoms with Gasteiger partial charge in [0.2, 0.25) is 11.1 Å². The highest BCUT2D eigenvalue weighted by molar-refractivity contribution is 7.99. The number of aromatic nitrogens is 3. The molecule has 2 heterocycles. The normalized spacial score (nSPS) is 14.4. The highest BCUT2D eigenvalue weighted by Gasteiger charge is 2.34. The number of nitrogens with one attached hydrogen (secondary N) is 2. The maximum absolute atomic E-state index is 13.8. The van der Waals surface area contributed by atoms with Crippen LogP contribution in [0, 0.1) is 27.7 Å². The van der Waals surface area contributed by atoms with Gasteiger partial charge in [0.05, 0.1) is 5.57 Å². The highest BCUT2D eigenvalue weighted by atomic mass is 32.2. The fourth-order valence-electron chi connectivity index (χ4n) is 4.99. The third-order valence-corrected chi connectivity index (χ3v) is 8.37. The Kier molecular flexibility index (Phi) is 8.49. The van der Waals surface area contributed by atoms with Crippen molar-refractivity contribution in [1.29, 1.82) is 0 Å². The summed E-state index contributed by atoms with van der Waals surface area (Å²) in [5.41, 5.74) is 9.04. The zero-order chi connectivity index (χ0) is 29.1. The van der Waals surface area contributed by atoms with Crippen molar-refractivity contribution in [1.82, 2.24) is 14.8 Å². The van der Waals surface area contributed by atoms with E-state index in [0.717, 1.165) is 40.4 Å². The molecule has 0 spiro atoms. The van der Waals surface area contributed by atoms with Crippen LogP contribution in [0.3, 0.4) is 0 Å². The Morgan fingerprint density at radius 1 is 1.00 bits per heavy atom. The first-order valence-corrected chi connectivity index (χ1v) is 15.0. The molecule has 0 saturated carbocycles. The van der Waals surface area contributed by atoms with E-state index in [1.54, 1.807) is 11.8 Å². The molecule has 0 radical (unpaired) electrons. The summed E-state index contributed by atoms with van der Waals surface area (Å²) in [6.07, 6.45) is 1.02. The van der Waals surface area contributed by atoms with Gasteiger partial charge in [-0.25, -0.2) is 4.68 Å². The lowest BCUT2D eigenvalue weighted by Crippen LogP contribution is -2.31. The molecule has 7 nitrogen and oxygen atoms in total. The smallest absolute Gasteiger partial charge is 0.255 e. The Morgan fingerprint density at radius 3 is 2.49 bits per heavy atom. The number of benzene rings is 3. The lowest BCUT2D eigenvalue weighted by Gasteiger charge is -2.28. The van der Waals surface area contributed by atoms with Gasteiger partial charge in [0.25, 0.3) is 5.91 Å². The molecule has 0 fully saturated rings. The topological polar surface area (TPSA) is 81.1 Å². The minimum absolute atomic E-state index is 0.181. The Labute approximate surface area is 246 Å². The number of rotatable bonds is 9. The summed E-state index contributed by atoms with van der Waals surface area (Å²) in [7, 11) is 0. The minimum atomic E-state index is -0.449. The number of fused-ring (bicyclic) bond motifs is 1. The van der Waals surface area contributed by atoms with Crippen LogP contribution < -0.4 is 15.4 Å². The van der Waals surface area contributed by atoms with E-state index in [1.807, 2.05) is 67.1 Å². The number of anilines is 2. The second-order valence-corrected chi connectivity index (χ2v) is 11.7. The quantitative estimate of drug-likeness (QED) is 0.204. The largest absolute Gasteiger partial charge is 0.489 e. The van der Waals surface area contributed by atoms with Gasteiger partial charge in [-0.05, 0) is 98.7 Å². The highest BCUT2D eigenvalue weighted by Crippen LogP contribution is 2.37. The number of hydrogen-bond acceptors (Lipinski definition) is 6. The first-order chi connectivity index (χ1) is 19.7. The zero-order valence-electron chi connectivity index (χ0n) is 24.5. The number of amides is 1. The van der Waals surface area contributed by atoms with Crippen LogP contribution in [0.2, 0.25) is 0 Å². The average Bonchev–Trinajstić information content (AvgIpc) is 3.35. The van der Waals surface area contributed by atoms with Crippen LogP contribution in [0.25, 0.3) is 0 Å². The Bertz CT molecular complexity index is 1610. The van der Waals surface area contributed by atoms with Crippen molar-refractivity contribution in [2.45, 2.75) is 65.8 Å². The SMILES string of the molecule is CCCSc1nc2n(n1)C(c1ccc(OCc3cc(C)c(C)cc3C)cc1)C(C(=O)Nc1cccc(C)c1)=C(C)N2.